The Balaban J connectivity index is 1.39. The molecule has 0 bridgehead atoms. The minimum atomic E-state index is -0.281. The molecule has 1 aromatic carbocycles. The number of furan rings is 1. The van der Waals surface area contributed by atoms with E-state index >= 15 is 0 Å². The van der Waals surface area contributed by atoms with E-state index in [0.29, 0.717) is 38.3 Å². The Labute approximate surface area is 169 Å². The van der Waals surface area contributed by atoms with Crippen LogP contribution >= 0.6 is 0 Å². The number of anilines is 1. The number of hydrogen-bond donors (Lipinski definition) is 1. The molecule has 0 aliphatic carbocycles. The van der Waals surface area contributed by atoms with E-state index in [4.69, 9.17) is 19.6 Å². The minimum Gasteiger partial charge on any atom is -0.464 e. The molecule has 0 radical (unpaired) electrons. The highest BCUT2D eigenvalue weighted by Gasteiger charge is 2.15. The fourth-order valence-electron chi connectivity index (χ4n) is 3.46. The second kappa shape index (κ2) is 9.07. The zero-order chi connectivity index (χ0) is 20.1. The summed E-state index contributed by atoms with van der Waals surface area (Å²) in [4.78, 5) is 16.9. The van der Waals surface area contributed by atoms with Crippen molar-refractivity contribution < 1.29 is 13.9 Å². The summed E-state index contributed by atoms with van der Waals surface area (Å²) in [5.74, 6) is 1.07. The monoisotopic (exact) mass is 395 g/mol. The zero-order valence-corrected chi connectivity index (χ0v) is 16.3. The van der Waals surface area contributed by atoms with Gasteiger partial charge in [-0.3, -0.25) is 9.36 Å². The fraction of sp³-hybridized carbons (Fsp3) is 0.364. The predicted molar refractivity (Wildman–Crippen MR) is 109 cm³/mol. The second-order valence-corrected chi connectivity index (χ2v) is 7.09. The highest BCUT2D eigenvalue weighted by molar-refractivity contribution is 5.58. The van der Waals surface area contributed by atoms with Crippen molar-refractivity contribution in [3.05, 3.63) is 70.3 Å². The molecule has 2 N–H and O–H groups in total. The quantitative estimate of drug-likeness (QED) is 0.661. The van der Waals surface area contributed by atoms with Gasteiger partial charge in [0.2, 0.25) is 5.95 Å². The van der Waals surface area contributed by atoms with Crippen LogP contribution in [0.4, 0.5) is 5.95 Å². The van der Waals surface area contributed by atoms with E-state index in [-0.39, 0.29) is 17.8 Å². The first kappa shape index (κ1) is 19.4. The molecule has 3 aromatic rings. The Morgan fingerprint density at radius 1 is 1.10 bits per heavy atom. The number of nitrogen functional groups attached to an aromatic ring is 1. The minimum absolute atomic E-state index is 0.146. The molecule has 1 saturated heterocycles. The number of benzene rings is 1. The van der Waals surface area contributed by atoms with Crippen molar-refractivity contribution in [2.24, 2.45) is 0 Å². The van der Waals surface area contributed by atoms with Crippen LogP contribution in [0.5, 0.6) is 0 Å². The number of ether oxygens (including phenoxy) is 2. The molecule has 3 heterocycles. The Morgan fingerprint density at radius 3 is 2.72 bits per heavy atom. The average molecular weight is 395 g/mol. The van der Waals surface area contributed by atoms with Gasteiger partial charge in [-0.05, 0) is 43.0 Å². The molecule has 7 nitrogen and oxygen atoms in total. The smallest absolute Gasteiger partial charge is 0.255 e. The first-order chi connectivity index (χ1) is 14.2. The van der Waals surface area contributed by atoms with Crippen LogP contribution in [0.15, 0.2) is 57.9 Å². The van der Waals surface area contributed by atoms with Gasteiger partial charge in [-0.2, -0.15) is 0 Å². The van der Waals surface area contributed by atoms with E-state index in [0.717, 1.165) is 29.7 Å². The van der Waals surface area contributed by atoms with Gasteiger partial charge in [0, 0.05) is 24.6 Å². The maximum atomic E-state index is 12.5. The first-order valence-corrected chi connectivity index (χ1v) is 9.91. The van der Waals surface area contributed by atoms with E-state index < -0.39 is 0 Å². The van der Waals surface area contributed by atoms with Crippen molar-refractivity contribution in [1.82, 2.24) is 9.55 Å². The van der Waals surface area contributed by atoms with Gasteiger partial charge in [-0.15, -0.1) is 0 Å². The lowest BCUT2D eigenvalue weighted by molar-refractivity contribution is -0.182. The number of nitrogens with zero attached hydrogens (tertiary/aromatic N) is 2. The van der Waals surface area contributed by atoms with Gasteiger partial charge in [0.25, 0.3) is 5.56 Å². The summed E-state index contributed by atoms with van der Waals surface area (Å²) >= 11 is 0. The molecule has 0 saturated carbocycles. The maximum absolute atomic E-state index is 12.5. The molecule has 152 valence electrons. The molecule has 1 fully saturated rings. The SMILES string of the molecule is Nc1nc(CCc2cccc(-c3ccco3)c2)cc(=O)n1CCC1OCCCO1. The molecule has 0 spiro atoms. The van der Waals surface area contributed by atoms with Crippen molar-refractivity contribution in [2.75, 3.05) is 18.9 Å². The van der Waals surface area contributed by atoms with Crippen LogP contribution in [0, 0.1) is 0 Å². The highest BCUT2D eigenvalue weighted by atomic mass is 16.7. The molecule has 0 atom stereocenters. The summed E-state index contributed by atoms with van der Waals surface area (Å²) in [6.07, 6.45) is 4.25. The summed E-state index contributed by atoms with van der Waals surface area (Å²) in [5, 5.41) is 0. The topological polar surface area (TPSA) is 92.5 Å². The Bertz CT molecular complexity index is 992. The fourth-order valence-corrected chi connectivity index (χ4v) is 3.46. The summed E-state index contributed by atoms with van der Waals surface area (Å²) in [6.45, 7) is 1.80. The molecular weight excluding hydrogens is 370 g/mol. The third-order valence-corrected chi connectivity index (χ3v) is 4.98. The van der Waals surface area contributed by atoms with Crippen molar-refractivity contribution in [2.45, 2.75) is 38.5 Å². The molecule has 0 amide bonds. The summed E-state index contributed by atoms with van der Waals surface area (Å²) in [6, 6.07) is 13.5. The third kappa shape index (κ3) is 4.93. The van der Waals surface area contributed by atoms with E-state index in [9.17, 15) is 4.79 Å². The van der Waals surface area contributed by atoms with Crippen LogP contribution in [0.25, 0.3) is 11.3 Å². The molecule has 2 aromatic heterocycles. The largest absolute Gasteiger partial charge is 0.464 e. The van der Waals surface area contributed by atoms with E-state index in [1.54, 1.807) is 12.3 Å². The van der Waals surface area contributed by atoms with Gasteiger partial charge in [0.1, 0.15) is 5.76 Å². The van der Waals surface area contributed by atoms with Crippen molar-refractivity contribution >= 4 is 5.95 Å². The first-order valence-electron chi connectivity index (χ1n) is 9.91. The lowest BCUT2D eigenvalue weighted by atomic mass is 10.0. The van der Waals surface area contributed by atoms with Gasteiger partial charge in [0.15, 0.2) is 6.29 Å². The Morgan fingerprint density at radius 2 is 1.97 bits per heavy atom. The summed E-state index contributed by atoms with van der Waals surface area (Å²) < 4.78 is 18.0. The van der Waals surface area contributed by atoms with Gasteiger partial charge >= 0.3 is 0 Å². The number of aryl methyl sites for hydroxylation is 2. The number of rotatable bonds is 7. The molecule has 1 aliphatic heterocycles. The van der Waals surface area contributed by atoms with Gasteiger partial charge in [-0.1, -0.05) is 18.2 Å². The van der Waals surface area contributed by atoms with Gasteiger partial charge in [-0.25, -0.2) is 4.98 Å². The van der Waals surface area contributed by atoms with Crippen LogP contribution in [-0.4, -0.2) is 29.1 Å². The maximum Gasteiger partial charge on any atom is 0.255 e. The lowest BCUT2D eigenvalue weighted by Gasteiger charge is -2.23. The Hall–Kier alpha value is -2.90. The standard InChI is InChI=1S/C22H25N3O4/c23-22-24-18(15-20(26)25(22)10-9-21-28-12-3-13-29-21)8-7-16-4-1-5-17(14-16)19-6-2-11-27-19/h1-2,4-6,11,14-15,21H,3,7-10,12-13H2,(H2,23,24). The van der Waals surface area contributed by atoms with Crippen LogP contribution < -0.4 is 11.3 Å². The van der Waals surface area contributed by atoms with Gasteiger partial charge in [0.05, 0.1) is 25.2 Å². The predicted octanol–water partition coefficient (Wildman–Crippen LogP) is 3.02. The zero-order valence-electron chi connectivity index (χ0n) is 16.3. The molecule has 7 heteroatoms. The number of nitrogens with two attached hydrogens (primary N) is 1. The molecular formula is C22H25N3O4. The van der Waals surface area contributed by atoms with Crippen LogP contribution in [0.2, 0.25) is 0 Å². The van der Waals surface area contributed by atoms with Crippen LogP contribution in [0.1, 0.15) is 24.1 Å². The lowest BCUT2D eigenvalue weighted by Crippen LogP contribution is -2.30. The molecule has 1 aliphatic rings. The second-order valence-electron chi connectivity index (χ2n) is 7.09. The number of hydrogen-bond acceptors (Lipinski definition) is 6. The third-order valence-electron chi connectivity index (χ3n) is 4.98. The Kier molecular flexibility index (Phi) is 6.07. The van der Waals surface area contributed by atoms with Crippen LogP contribution in [-0.2, 0) is 28.9 Å². The van der Waals surface area contributed by atoms with E-state index in [2.05, 4.69) is 17.1 Å². The van der Waals surface area contributed by atoms with Crippen LogP contribution in [0.3, 0.4) is 0 Å². The number of aromatic nitrogens is 2. The normalized spacial score (nSPS) is 14.9. The molecule has 0 unspecified atom stereocenters. The summed E-state index contributed by atoms with van der Waals surface area (Å²) in [5.41, 5.74) is 8.78. The van der Waals surface area contributed by atoms with E-state index in [1.165, 1.54) is 4.57 Å². The van der Waals surface area contributed by atoms with Gasteiger partial charge < -0.3 is 19.6 Å². The van der Waals surface area contributed by atoms with E-state index in [1.807, 2.05) is 24.3 Å². The highest BCUT2D eigenvalue weighted by Crippen LogP contribution is 2.21. The van der Waals surface area contributed by atoms with Crippen molar-refractivity contribution in [1.29, 1.82) is 0 Å². The summed E-state index contributed by atoms with van der Waals surface area (Å²) in [7, 11) is 0. The van der Waals surface area contributed by atoms with Crippen molar-refractivity contribution in [3.63, 3.8) is 0 Å². The molecule has 4 rings (SSSR count). The van der Waals surface area contributed by atoms with Crippen molar-refractivity contribution in [3.8, 4) is 11.3 Å². The average Bonchev–Trinajstić information content (AvgIpc) is 3.28. The molecule has 29 heavy (non-hydrogen) atoms.